The summed E-state index contributed by atoms with van der Waals surface area (Å²) in [5, 5.41) is 0. The smallest absolute Gasteiger partial charge is 0.332 e. The fraction of sp³-hybridized carbons (Fsp3) is 0.667. The van der Waals surface area contributed by atoms with Gasteiger partial charge in [0.1, 0.15) is 0 Å². The van der Waals surface area contributed by atoms with Gasteiger partial charge >= 0.3 is 11.9 Å². The molecule has 0 atom stereocenters. The summed E-state index contributed by atoms with van der Waals surface area (Å²) in [6, 6.07) is 0. The average molecular weight is 259 g/mol. The maximum atomic E-state index is 11.3. The number of ether oxygens (including phenoxy) is 2. The van der Waals surface area contributed by atoms with Gasteiger partial charge < -0.3 is 9.47 Å². The number of hydrogen-bond acceptors (Lipinski definition) is 6. The van der Waals surface area contributed by atoms with Crippen LogP contribution in [0.2, 0.25) is 0 Å². The normalized spacial score (nSPS) is 11.3. The Balaban J connectivity index is 4.50. The van der Waals surface area contributed by atoms with Gasteiger partial charge in [-0.05, 0) is 27.7 Å². The van der Waals surface area contributed by atoms with E-state index in [1.54, 1.807) is 13.8 Å². The summed E-state index contributed by atoms with van der Waals surface area (Å²) in [6.07, 6.45) is 1.03. The molecule has 0 rings (SSSR count). The highest BCUT2D eigenvalue weighted by molar-refractivity contribution is 5.84. The lowest BCUT2D eigenvalue weighted by molar-refractivity contribution is -0.142. The topological polar surface area (TPSA) is 73.9 Å². The molecule has 0 amide bonds. The maximum absolute atomic E-state index is 11.3. The van der Waals surface area contributed by atoms with Crippen LogP contribution in [0.25, 0.3) is 0 Å². The lowest BCUT2D eigenvalue weighted by atomic mass is 10.3. The summed E-state index contributed by atoms with van der Waals surface area (Å²) in [7, 11) is 0. The second-order valence-corrected chi connectivity index (χ2v) is 3.67. The van der Waals surface area contributed by atoms with Gasteiger partial charge in [0.15, 0.2) is 0 Å². The molecular weight excluding hydrogens is 238 g/mol. The zero-order valence-electron chi connectivity index (χ0n) is 11.3. The van der Waals surface area contributed by atoms with E-state index in [2.05, 4.69) is 5.48 Å². The van der Waals surface area contributed by atoms with Crippen LogP contribution in [-0.4, -0.2) is 31.3 Å². The van der Waals surface area contributed by atoms with Crippen LogP contribution in [-0.2, 0) is 23.9 Å². The molecule has 0 saturated carbocycles. The summed E-state index contributed by atoms with van der Waals surface area (Å²) in [6.45, 7) is 7.61. The van der Waals surface area contributed by atoms with E-state index < -0.39 is 11.9 Å². The second-order valence-electron chi connectivity index (χ2n) is 3.67. The lowest BCUT2D eigenvalue weighted by Crippen LogP contribution is -2.23. The second kappa shape index (κ2) is 9.47. The van der Waals surface area contributed by atoms with Gasteiger partial charge in [-0.1, -0.05) is 0 Å². The largest absolute Gasteiger partial charge is 0.466 e. The Bertz CT molecular complexity index is 299. The number of rotatable bonds is 8. The van der Waals surface area contributed by atoms with Crippen LogP contribution in [0.1, 0.15) is 34.1 Å². The van der Waals surface area contributed by atoms with E-state index in [9.17, 15) is 9.59 Å². The molecule has 0 saturated heterocycles. The quantitative estimate of drug-likeness (QED) is 0.402. The number of hydroxylamine groups is 1. The molecule has 0 radical (unpaired) electrons. The minimum absolute atomic E-state index is 0.0701. The monoisotopic (exact) mass is 259 g/mol. The molecule has 0 aromatic carbocycles. The van der Waals surface area contributed by atoms with Crippen molar-refractivity contribution < 1.29 is 23.9 Å². The third kappa shape index (κ3) is 8.58. The fourth-order valence-electron chi connectivity index (χ4n) is 1.00. The Hall–Kier alpha value is -1.56. The zero-order valence-corrected chi connectivity index (χ0v) is 11.3. The summed E-state index contributed by atoms with van der Waals surface area (Å²) in [5.41, 5.74) is 2.86. The molecule has 0 fully saturated rings. The zero-order chi connectivity index (χ0) is 14.0. The van der Waals surface area contributed by atoms with E-state index >= 15 is 0 Å². The SMILES string of the molecule is CCOC(=O)C=C(CC(=O)OCC)NOC(C)C. The molecule has 0 aromatic heterocycles. The van der Waals surface area contributed by atoms with Gasteiger partial charge in [0.25, 0.3) is 0 Å². The molecular formula is C12H21NO5. The van der Waals surface area contributed by atoms with Crippen LogP contribution in [0.5, 0.6) is 0 Å². The number of esters is 2. The highest BCUT2D eigenvalue weighted by Gasteiger charge is 2.10. The Labute approximate surface area is 107 Å². The van der Waals surface area contributed by atoms with Crippen molar-refractivity contribution in [2.45, 2.75) is 40.2 Å². The van der Waals surface area contributed by atoms with Gasteiger partial charge in [-0.3, -0.25) is 15.1 Å². The molecule has 0 heterocycles. The van der Waals surface area contributed by atoms with Crippen LogP contribution >= 0.6 is 0 Å². The van der Waals surface area contributed by atoms with E-state index in [1.165, 1.54) is 6.08 Å². The number of carbonyl (C=O) groups excluding carboxylic acids is 2. The predicted molar refractivity (Wildman–Crippen MR) is 65.3 cm³/mol. The molecule has 18 heavy (non-hydrogen) atoms. The molecule has 0 aromatic rings. The first-order chi connectivity index (χ1) is 8.49. The van der Waals surface area contributed by atoms with Crippen molar-refractivity contribution in [3.8, 4) is 0 Å². The Kier molecular flexibility index (Phi) is 8.65. The van der Waals surface area contributed by atoms with Gasteiger partial charge in [-0.2, -0.15) is 0 Å². The van der Waals surface area contributed by atoms with E-state index in [0.717, 1.165) is 0 Å². The van der Waals surface area contributed by atoms with Crippen molar-refractivity contribution >= 4 is 11.9 Å². The van der Waals surface area contributed by atoms with Crippen LogP contribution in [0.15, 0.2) is 11.8 Å². The standard InChI is InChI=1S/C12H21NO5/c1-5-16-11(14)7-10(13-18-9(3)4)8-12(15)17-6-2/h7,9,13H,5-6,8H2,1-4H3. The van der Waals surface area contributed by atoms with E-state index in [4.69, 9.17) is 14.3 Å². The van der Waals surface area contributed by atoms with Crippen molar-refractivity contribution in [3.05, 3.63) is 11.8 Å². The number of hydrogen-bond donors (Lipinski definition) is 1. The minimum atomic E-state index is -0.531. The van der Waals surface area contributed by atoms with Crippen molar-refractivity contribution in [1.29, 1.82) is 0 Å². The van der Waals surface area contributed by atoms with Gasteiger partial charge in [-0.25, -0.2) is 4.79 Å². The third-order valence-electron chi connectivity index (χ3n) is 1.64. The first-order valence-corrected chi connectivity index (χ1v) is 5.94. The molecule has 0 aliphatic carbocycles. The highest BCUT2D eigenvalue weighted by atomic mass is 16.7. The summed E-state index contributed by atoms with van der Waals surface area (Å²) >= 11 is 0. The predicted octanol–water partition coefficient (Wildman–Crippen LogP) is 1.32. The maximum Gasteiger partial charge on any atom is 0.332 e. The molecule has 0 bridgehead atoms. The Morgan fingerprint density at radius 1 is 1.17 bits per heavy atom. The van der Waals surface area contributed by atoms with Crippen molar-refractivity contribution in [2.24, 2.45) is 0 Å². The summed E-state index contributed by atoms with van der Waals surface area (Å²) < 4.78 is 9.55. The van der Waals surface area contributed by atoms with Crippen molar-refractivity contribution in [3.63, 3.8) is 0 Å². The number of carbonyl (C=O) groups is 2. The average Bonchev–Trinajstić information content (AvgIpc) is 2.26. The molecule has 6 nitrogen and oxygen atoms in total. The van der Waals surface area contributed by atoms with Crippen molar-refractivity contribution in [2.75, 3.05) is 13.2 Å². The molecule has 0 unspecified atom stereocenters. The molecule has 0 aliphatic rings. The first-order valence-electron chi connectivity index (χ1n) is 5.94. The molecule has 0 spiro atoms. The molecule has 1 N–H and O–H groups in total. The Morgan fingerprint density at radius 2 is 1.78 bits per heavy atom. The van der Waals surface area contributed by atoms with E-state index in [1.807, 2.05) is 13.8 Å². The highest BCUT2D eigenvalue weighted by Crippen LogP contribution is 2.02. The molecule has 0 aliphatic heterocycles. The van der Waals surface area contributed by atoms with Gasteiger partial charge in [0, 0.05) is 6.08 Å². The lowest BCUT2D eigenvalue weighted by Gasteiger charge is -2.12. The van der Waals surface area contributed by atoms with E-state index in [0.29, 0.717) is 5.70 Å². The van der Waals surface area contributed by atoms with Gasteiger partial charge in [0.2, 0.25) is 0 Å². The van der Waals surface area contributed by atoms with Crippen molar-refractivity contribution in [1.82, 2.24) is 5.48 Å². The molecule has 6 heteroatoms. The van der Waals surface area contributed by atoms with Gasteiger partial charge in [0.05, 0.1) is 31.4 Å². The van der Waals surface area contributed by atoms with Crippen LogP contribution < -0.4 is 5.48 Å². The Morgan fingerprint density at radius 3 is 2.28 bits per heavy atom. The minimum Gasteiger partial charge on any atom is -0.466 e. The van der Waals surface area contributed by atoms with E-state index in [-0.39, 0.29) is 25.7 Å². The van der Waals surface area contributed by atoms with Crippen LogP contribution in [0.4, 0.5) is 0 Å². The van der Waals surface area contributed by atoms with Crippen LogP contribution in [0, 0.1) is 0 Å². The summed E-state index contributed by atoms with van der Waals surface area (Å²) in [5.74, 6) is -0.968. The number of nitrogens with one attached hydrogen (secondary N) is 1. The van der Waals surface area contributed by atoms with Gasteiger partial charge in [-0.15, -0.1) is 0 Å². The van der Waals surface area contributed by atoms with Crippen LogP contribution in [0.3, 0.4) is 0 Å². The first kappa shape index (κ1) is 16.4. The third-order valence-corrected chi connectivity index (χ3v) is 1.64. The fourth-order valence-corrected chi connectivity index (χ4v) is 1.00. The molecule has 104 valence electrons. The summed E-state index contributed by atoms with van der Waals surface area (Å²) in [4.78, 5) is 27.7.